The van der Waals surface area contributed by atoms with E-state index in [1.807, 2.05) is 16.7 Å². The van der Waals surface area contributed by atoms with E-state index < -0.39 is 5.54 Å². The summed E-state index contributed by atoms with van der Waals surface area (Å²) in [6.45, 7) is 7.23. The fraction of sp³-hybridized carbons (Fsp3) is 0.882. The predicted octanol–water partition coefficient (Wildman–Crippen LogP) is 1.75. The van der Waals surface area contributed by atoms with Gasteiger partial charge in [-0.25, -0.2) is 0 Å². The molecule has 0 spiro atoms. The molecule has 0 radical (unpaired) electrons. The molecule has 126 valence electrons. The van der Waals surface area contributed by atoms with Gasteiger partial charge in [-0.3, -0.25) is 9.59 Å². The van der Waals surface area contributed by atoms with Crippen molar-refractivity contribution < 1.29 is 9.59 Å². The van der Waals surface area contributed by atoms with E-state index in [0.29, 0.717) is 18.2 Å². The summed E-state index contributed by atoms with van der Waals surface area (Å²) in [4.78, 5) is 28.6. The molecule has 22 heavy (non-hydrogen) atoms. The van der Waals surface area contributed by atoms with E-state index in [2.05, 4.69) is 6.92 Å². The molecular formula is C17H31N3O2. The maximum Gasteiger partial charge on any atom is 0.242 e. The van der Waals surface area contributed by atoms with Gasteiger partial charge in [0.1, 0.15) is 0 Å². The van der Waals surface area contributed by atoms with Gasteiger partial charge in [-0.15, -0.1) is 0 Å². The first-order valence-electron chi connectivity index (χ1n) is 8.80. The van der Waals surface area contributed by atoms with Crippen molar-refractivity contribution in [2.24, 2.45) is 11.7 Å². The molecular weight excluding hydrogens is 278 g/mol. The van der Waals surface area contributed by atoms with Crippen LogP contribution in [0.5, 0.6) is 0 Å². The Morgan fingerprint density at radius 1 is 1.09 bits per heavy atom. The van der Waals surface area contributed by atoms with Crippen molar-refractivity contribution in [2.45, 2.75) is 64.3 Å². The number of carbonyl (C=O) groups is 2. The Hall–Kier alpha value is -1.10. The molecule has 2 aliphatic heterocycles. The lowest BCUT2D eigenvalue weighted by atomic mass is 9.90. The summed E-state index contributed by atoms with van der Waals surface area (Å²) in [6.07, 6.45) is 6.42. The van der Waals surface area contributed by atoms with E-state index in [1.165, 1.54) is 0 Å². The second-order valence-electron chi connectivity index (χ2n) is 7.20. The Labute approximate surface area is 134 Å². The largest absolute Gasteiger partial charge is 0.343 e. The van der Waals surface area contributed by atoms with Crippen LogP contribution in [-0.2, 0) is 9.59 Å². The van der Waals surface area contributed by atoms with Gasteiger partial charge in [-0.1, -0.05) is 13.3 Å². The van der Waals surface area contributed by atoms with Gasteiger partial charge in [0.2, 0.25) is 11.8 Å². The highest BCUT2D eigenvalue weighted by Gasteiger charge is 2.34. The Kier molecular flexibility index (Phi) is 5.84. The zero-order valence-electron chi connectivity index (χ0n) is 14.1. The lowest BCUT2D eigenvalue weighted by molar-refractivity contribution is -0.138. The molecule has 0 saturated carbocycles. The highest BCUT2D eigenvalue weighted by molar-refractivity contribution is 5.85. The Morgan fingerprint density at radius 3 is 2.23 bits per heavy atom. The number of amides is 2. The monoisotopic (exact) mass is 309 g/mol. The second-order valence-corrected chi connectivity index (χ2v) is 7.20. The molecule has 5 nitrogen and oxygen atoms in total. The number of carbonyl (C=O) groups excluding carboxylic acids is 2. The smallest absolute Gasteiger partial charge is 0.242 e. The zero-order chi connectivity index (χ0) is 16.2. The first-order chi connectivity index (χ1) is 10.4. The number of nitrogens with two attached hydrogens (primary N) is 1. The topological polar surface area (TPSA) is 66.6 Å². The minimum atomic E-state index is -0.743. The van der Waals surface area contributed by atoms with Gasteiger partial charge in [-0.2, -0.15) is 0 Å². The van der Waals surface area contributed by atoms with Crippen molar-refractivity contribution >= 4 is 11.8 Å². The Morgan fingerprint density at radius 2 is 1.68 bits per heavy atom. The molecule has 0 aliphatic carbocycles. The van der Waals surface area contributed by atoms with Gasteiger partial charge < -0.3 is 15.5 Å². The van der Waals surface area contributed by atoms with Crippen molar-refractivity contribution in [3.63, 3.8) is 0 Å². The van der Waals surface area contributed by atoms with Gasteiger partial charge in [0.15, 0.2) is 0 Å². The van der Waals surface area contributed by atoms with Crippen molar-refractivity contribution in [1.82, 2.24) is 9.80 Å². The highest BCUT2D eigenvalue weighted by atomic mass is 16.2. The van der Waals surface area contributed by atoms with Crippen LogP contribution >= 0.6 is 0 Å². The van der Waals surface area contributed by atoms with Gasteiger partial charge in [0, 0.05) is 32.6 Å². The van der Waals surface area contributed by atoms with E-state index >= 15 is 0 Å². The third kappa shape index (κ3) is 4.22. The third-order valence-corrected chi connectivity index (χ3v) is 5.08. The van der Waals surface area contributed by atoms with Crippen molar-refractivity contribution in [3.05, 3.63) is 0 Å². The summed E-state index contributed by atoms with van der Waals surface area (Å²) >= 11 is 0. The molecule has 2 amide bonds. The maximum absolute atomic E-state index is 12.5. The quantitative estimate of drug-likeness (QED) is 0.841. The minimum Gasteiger partial charge on any atom is -0.343 e. The summed E-state index contributed by atoms with van der Waals surface area (Å²) in [5.74, 6) is 0.794. The number of hydrogen-bond donors (Lipinski definition) is 1. The summed E-state index contributed by atoms with van der Waals surface area (Å²) < 4.78 is 0. The molecule has 2 N–H and O–H groups in total. The number of rotatable bonds is 5. The fourth-order valence-corrected chi connectivity index (χ4v) is 3.67. The van der Waals surface area contributed by atoms with E-state index in [4.69, 9.17) is 5.73 Å². The molecule has 2 fully saturated rings. The van der Waals surface area contributed by atoms with Crippen LogP contribution in [0.3, 0.4) is 0 Å². The second kappa shape index (κ2) is 7.44. The van der Waals surface area contributed by atoms with E-state index in [-0.39, 0.29) is 5.91 Å². The molecule has 5 heteroatoms. The average molecular weight is 309 g/mol. The first-order valence-corrected chi connectivity index (χ1v) is 8.80. The van der Waals surface area contributed by atoms with Crippen LogP contribution in [0.15, 0.2) is 0 Å². The summed E-state index contributed by atoms with van der Waals surface area (Å²) in [5.41, 5.74) is 5.40. The summed E-state index contributed by atoms with van der Waals surface area (Å²) in [7, 11) is 0. The van der Waals surface area contributed by atoms with Crippen LogP contribution in [0, 0.1) is 5.92 Å². The Balaban J connectivity index is 1.77. The molecule has 2 heterocycles. The van der Waals surface area contributed by atoms with Crippen LogP contribution in [0.25, 0.3) is 0 Å². The van der Waals surface area contributed by atoms with Crippen molar-refractivity contribution in [1.29, 1.82) is 0 Å². The average Bonchev–Trinajstić information content (AvgIpc) is 3.01. The number of hydrogen-bond acceptors (Lipinski definition) is 3. The first kappa shape index (κ1) is 17.3. The van der Waals surface area contributed by atoms with Crippen molar-refractivity contribution in [2.75, 3.05) is 26.2 Å². The van der Waals surface area contributed by atoms with Gasteiger partial charge >= 0.3 is 0 Å². The molecule has 0 aromatic rings. The van der Waals surface area contributed by atoms with E-state index in [9.17, 15) is 9.59 Å². The highest BCUT2D eigenvalue weighted by Crippen LogP contribution is 2.24. The van der Waals surface area contributed by atoms with E-state index in [0.717, 1.165) is 64.7 Å². The zero-order valence-corrected chi connectivity index (χ0v) is 14.1. The molecule has 2 rings (SSSR count). The lowest BCUT2D eigenvalue weighted by Crippen LogP contribution is -2.55. The molecule has 0 bridgehead atoms. The summed E-state index contributed by atoms with van der Waals surface area (Å²) in [6, 6.07) is 0. The number of nitrogens with zero attached hydrogens (tertiary/aromatic N) is 2. The van der Waals surface area contributed by atoms with Crippen LogP contribution in [0.4, 0.5) is 0 Å². The molecule has 1 atom stereocenters. The normalized spacial score (nSPS) is 22.7. The van der Waals surface area contributed by atoms with E-state index in [1.54, 1.807) is 0 Å². The standard InChI is InChI=1S/C17H31N3O2/c1-3-8-17(2,18)16(22)20-11-6-14(7-12-20)13-15(21)19-9-4-5-10-19/h14H,3-13,18H2,1-2H3. The van der Waals surface area contributed by atoms with Crippen molar-refractivity contribution in [3.8, 4) is 0 Å². The van der Waals surface area contributed by atoms with Crippen LogP contribution < -0.4 is 5.73 Å². The summed E-state index contributed by atoms with van der Waals surface area (Å²) in [5, 5.41) is 0. The SMILES string of the molecule is CCCC(C)(N)C(=O)N1CCC(CC(=O)N2CCCC2)CC1. The van der Waals surface area contributed by atoms with Gasteiger partial charge in [0.05, 0.1) is 5.54 Å². The third-order valence-electron chi connectivity index (χ3n) is 5.08. The fourth-order valence-electron chi connectivity index (χ4n) is 3.67. The number of likely N-dealkylation sites (tertiary alicyclic amines) is 2. The molecule has 0 aromatic heterocycles. The predicted molar refractivity (Wildman–Crippen MR) is 87.2 cm³/mol. The molecule has 2 aliphatic rings. The molecule has 2 saturated heterocycles. The molecule has 0 aromatic carbocycles. The maximum atomic E-state index is 12.5. The number of piperidine rings is 1. The Bertz CT molecular complexity index is 395. The van der Waals surface area contributed by atoms with Gasteiger partial charge in [-0.05, 0) is 44.9 Å². The minimum absolute atomic E-state index is 0.0682. The molecule has 1 unspecified atom stereocenters. The van der Waals surface area contributed by atoms with Crippen LogP contribution in [0.1, 0.15) is 58.8 Å². The van der Waals surface area contributed by atoms with Crippen LogP contribution in [-0.4, -0.2) is 53.3 Å². The van der Waals surface area contributed by atoms with Crippen LogP contribution in [0.2, 0.25) is 0 Å². The lowest BCUT2D eigenvalue weighted by Gasteiger charge is -2.37. The van der Waals surface area contributed by atoms with Gasteiger partial charge in [0.25, 0.3) is 0 Å².